The van der Waals surface area contributed by atoms with E-state index in [9.17, 15) is 0 Å². The van der Waals surface area contributed by atoms with Crippen LogP contribution in [-0.4, -0.2) is 6.54 Å². The highest BCUT2D eigenvalue weighted by atomic mass is 14.9. The molecule has 76 valence electrons. The Hall–Kier alpha value is -1.08. The zero-order chi connectivity index (χ0) is 10.2. The molecule has 0 amide bonds. The molecule has 1 fully saturated rings. The first-order valence-corrected chi connectivity index (χ1v) is 5.24. The molecule has 14 heavy (non-hydrogen) atoms. The highest BCUT2D eigenvalue weighted by molar-refractivity contribution is 5.19. The van der Waals surface area contributed by atoms with Crippen LogP contribution in [0.5, 0.6) is 0 Å². The summed E-state index contributed by atoms with van der Waals surface area (Å²) in [5.74, 6) is 0. The molecule has 1 saturated heterocycles. The Morgan fingerprint density at radius 2 is 2.00 bits per heavy atom. The summed E-state index contributed by atoms with van der Waals surface area (Å²) in [5.41, 5.74) is 1.44. The van der Waals surface area contributed by atoms with Crippen molar-refractivity contribution >= 4 is 0 Å². The SMILES string of the molecule is C=CC.c1ccc(C2CCCN2)cc1. The lowest BCUT2D eigenvalue weighted by molar-refractivity contribution is 0.648. The molecular formula is C13H19N. The first kappa shape index (κ1) is 11.0. The van der Waals surface area contributed by atoms with E-state index >= 15 is 0 Å². The van der Waals surface area contributed by atoms with Gasteiger partial charge in [0.25, 0.3) is 0 Å². The van der Waals surface area contributed by atoms with E-state index in [-0.39, 0.29) is 0 Å². The Balaban J connectivity index is 0.000000293. The van der Waals surface area contributed by atoms with E-state index in [0.717, 1.165) is 0 Å². The van der Waals surface area contributed by atoms with Crippen LogP contribution >= 0.6 is 0 Å². The summed E-state index contributed by atoms with van der Waals surface area (Å²) in [7, 11) is 0. The topological polar surface area (TPSA) is 12.0 Å². The lowest BCUT2D eigenvalue weighted by atomic mass is 10.1. The standard InChI is InChI=1S/C10H13N.C3H6/c1-2-5-9(6-3-1)10-7-4-8-11-10;1-3-2/h1-3,5-6,10-11H,4,7-8H2;3H,1H2,2H3. The fourth-order valence-corrected chi connectivity index (χ4v) is 1.65. The highest BCUT2D eigenvalue weighted by Gasteiger charge is 2.14. The molecule has 1 aromatic rings. The van der Waals surface area contributed by atoms with Crippen molar-refractivity contribution in [2.75, 3.05) is 6.54 Å². The number of allylic oxidation sites excluding steroid dienone is 1. The first-order chi connectivity index (χ1) is 6.88. The summed E-state index contributed by atoms with van der Waals surface area (Å²) in [4.78, 5) is 0. The van der Waals surface area contributed by atoms with Crippen LogP contribution in [0.4, 0.5) is 0 Å². The molecule has 1 unspecified atom stereocenters. The van der Waals surface area contributed by atoms with Gasteiger partial charge in [-0.3, -0.25) is 0 Å². The zero-order valence-corrected chi connectivity index (χ0v) is 8.87. The predicted octanol–water partition coefficient (Wildman–Crippen LogP) is 3.30. The zero-order valence-electron chi connectivity index (χ0n) is 8.87. The second kappa shape index (κ2) is 6.39. The van der Waals surface area contributed by atoms with Crippen LogP contribution in [0, 0.1) is 0 Å². The largest absolute Gasteiger partial charge is 0.310 e. The normalized spacial score (nSPS) is 19.6. The predicted molar refractivity (Wildman–Crippen MR) is 62.3 cm³/mol. The molecule has 1 heterocycles. The monoisotopic (exact) mass is 189 g/mol. The molecule has 1 nitrogen and oxygen atoms in total. The van der Waals surface area contributed by atoms with Crippen molar-refractivity contribution in [3.63, 3.8) is 0 Å². The van der Waals surface area contributed by atoms with E-state index in [2.05, 4.69) is 42.2 Å². The summed E-state index contributed by atoms with van der Waals surface area (Å²) in [6.45, 7) is 6.43. The Bertz CT molecular complexity index is 247. The van der Waals surface area contributed by atoms with Crippen molar-refractivity contribution in [1.82, 2.24) is 5.32 Å². The number of nitrogens with one attached hydrogen (secondary N) is 1. The molecule has 0 bridgehead atoms. The second-order valence-corrected chi connectivity index (χ2v) is 3.47. The molecule has 1 N–H and O–H groups in total. The van der Waals surface area contributed by atoms with Crippen molar-refractivity contribution in [1.29, 1.82) is 0 Å². The molecule has 1 aliphatic heterocycles. The third-order valence-electron chi connectivity index (χ3n) is 2.26. The fraction of sp³-hybridized carbons (Fsp3) is 0.385. The van der Waals surface area contributed by atoms with Crippen molar-refractivity contribution < 1.29 is 0 Å². The van der Waals surface area contributed by atoms with Crippen LogP contribution in [0.1, 0.15) is 31.4 Å². The van der Waals surface area contributed by atoms with E-state index in [1.165, 1.54) is 24.9 Å². The van der Waals surface area contributed by atoms with Gasteiger partial charge in [-0.05, 0) is 31.9 Å². The molecule has 1 atom stereocenters. The second-order valence-electron chi connectivity index (χ2n) is 3.47. The van der Waals surface area contributed by atoms with Crippen LogP contribution in [0.25, 0.3) is 0 Å². The van der Waals surface area contributed by atoms with Gasteiger partial charge in [-0.2, -0.15) is 0 Å². The lowest BCUT2D eigenvalue weighted by Crippen LogP contribution is -2.12. The number of hydrogen-bond acceptors (Lipinski definition) is 1. The Morgan fingerprint density at radius 3 is 2.50 bits per heavy atom. The average Bonchev–Trinajstić information content (AvgIpc) is 2.73. The Labute approximate surface area is 86.8 Å². The molecule has 0 aromatic heterocycles. The third-order valence-corrected chi connectivity index (χ3v) is 2.26. The van der Waals surface area contributed by atoms with Gasteiger partial charge in [0.2, 0.25) is 0 Å². The van der Waals surface area contributed by atoms with Crippen LogP contribution in [-0.2, 0) is 0 Å². The maximum atomic E-state index is 3.47. The number of benzene rings is 1. The summed E-state index contributed by atoms with van der Waals surface area (Å²) in [5, 5.41) is 3.47. The summed E-state index contributed by atoms with van der Waals surface area (Å²) >= 11 is 0. The average molecular weight is 189 g/mol. The van der Waals surface area contributed by atoms with Gasteiger partial charge in [-0.25, -0.2) is 0 Å². The summed E-state index contributed by atoms with van der Waals surface area (Å²) in [6, 6.07) is 11.3. The molecule has 0 radical (unpaired) electrons. The minimum atomic E-state index is 0.621. The molecule has 0 spiro atoms. The minimum absolute atomic E-state index is 0.621. The molecule has 0 aliphatic carbocycles. The number of rotatable bonds is 1. The molecule has 2 rings (SSSR count). The van der Waals surface area contributed by atoms with Crippen molar-refractivity contribution in [2.45, 2.75) is 25.8 Å². The van der Waals surface area contributed by atoms with Gasteiger partial charge < -0.3 is 5.32 Å². The van der Waals surface area contributed by atoms with E-state index in [4.69, 9.17) is 0 Å². The van der Waals surface area contributed by atoms with Crippen LogP contribution < -0.4 is 5.32 Å². The summed E-state index contributed by atoms with van der Waals surface area (Å²) in [6.07, 6.45) is 4.36. The van der Waals surface area contributed by atoms with Crippen molar-refractivity contribution in [3.8, 4) is 0 Å². The van der Waals surface area contributed by atoms with Crippen LogP contribution in [0.3, 0.4) is 0 Å². The van der Waals surface area contributed by atoms with Gasteiger partial charge in [0.15, 0.2) is 0 Å². The quantitative estimate of drug-likeness (QED) is 0.668. The summed E-state index contributed by atoms with van der Waals surface area (Å²) < 4.78 is 0. The maximum Gasteiger partial charge on any atom is 0.0320 e. The van der Waals surface area contributed by atoms with Crippen molar-refractivity contribution in [2.24, 2.45) is 0 Å². The van der Waals surface area contributed by atoms with Gasteiger partial charge in [-0.1, -0.05) is 36.4 Å². The highest BCUT2D eigenvalue weighted by Crippen LogP contribution is 2.21. The van der Waals surface area contributed by atoms with Gasteiger partial charge >= 0.3 is 0 Å². The first-order valence-electron chi connectivity index (χ1n) is 5.24. The molecular weight excluding hydrogens is 170 g/mol. The fourth-order valence-electron chi connectivity index (χ4n) is 1.65. The van der Waals surface area contributed by atoms with Gasteiger partial charge in [0.1, 0.15) is 0 Å². The van der Waals surface area contributed by atoms with Gasteiger partial charge in [0, 0.05) is 6.04 Å². The minimum Gasteiger partial charge on any atom is -0.310 e. The van der Waals surface area contributed by atoms with Crippen molar-refractivity contribution in [3.05, 3.63) is 48.6 Å². The van der Waals surface area contributed by atoms with Crippen LogP contribution in [0.15, 0.2) is 43.0 Å². The third kappa shape index (κ3) is 3.35. The van der Waals surface area contributed by atoms with E-state index in [1.807, 2.05) is 6.92 Å². The lowest BCUT2D eigenvalue weighted by Gasteiger charge is -2.08. The molecule has 0 saturated carbocycles. The van der Waals surface area contributed by atoms with E-state index < -0.39 is 0 Å². The molecule has 1 heteroatoms. The Kier molecular flexibility index (Phi) is 5.02. The maximum absolute atomic E-state index is 3.47. The Morgan fingerprint density at radius 1 is 1.36 bits per heavy atom. The molecule has 1 aromatic carbocycles. The van der Waals surface area contributed by atoms with Crippen LogP contribution in [0.2, 0.25) is 0 Å². The van der Waals surface area contributed by atoms with E-state index in [1.54, 1.807) is 6.08 Å². The number of hydrogen-bond donors (Lipinski definition) is 1. The van der Waals surface area contributed by atoms with Gasteiger partial charge in [-0.15, -0.1) is 6.58 Å². The van der Waals surface area contributed by atoms with E-state index in [0.29, 0.717) is 6.04 Å². The smallest absolute Gasteiger partial charge is 0.0320 e. The van der Waals surface area contributed by atoms with Gasteiger partial charge in [0.05, 0.1) is 0 Å². The molecule has 1 aliphatic rings.